The molecule has 0 fully saturated rings. The Labute approximate surface area is 179 Å². The van der Waals surface area contributed by atoms with Gasteiger partial charge in [-0.25, -0.2) is 19.6 Å². The molecule has 31 heavy (non-hydrogen) atoms. The summed E-state index contributed by atoms with van der Waals surface area (Å²) in [5.41, 5.74) is 9.52. The Morgan fingerprint density at radius 3 is 2.45 bits per heavy atom. The molecular formula is C23H21N7O. The summed E-state index contributed by atoms with van der Waals surface area (Å²) in [6.45, 7) is 3.80. The molecule has 4 rings (SSSR count). The Morgan fingerprint density at radius 1 is 1.00 bits per heavy atom. The van der Waals surface area contributed by atoms with E-state index in [1.165, 1.54) is 10.7 Å². The van der Waals surface area contributed by atoms with Gasteiger partial charge in [0.1, 0.15) is 22.8 Å². The van der Waals surface area contributed by atoms with Crippen LogP contribution in [-0.4, -0.2) is 29.3 Å². The number of aromatic nitrogens is 6. The molecule has 0 bridgehead atoms. The van der Waals surface area contributed by atoms with Gasteiger partial charge < -0.3 is 10.3 Å². The summed E-state index contributed by atoms with van der Waals surface area (Å²) < 4.78 is 3.22. The van der Waals surface area contributed by atoms with Crippen molar-refractivity contribution in [1.82, 2.24) is 29.3 Å². The fourth-order valence-electron chi connectivity index (χ4n) is 3.04. The molecule has 0 aliphatic heterocycles. The van der Waals surface area contributed by atoms with Crippen molar-refractivity contribution in [2.45, 2.75) is 19.9 Å². The summed E-state index contributed by atoms with van der Waals surface area (Å²) in [6, 6.07) is 12.6. The van der Waals surface area contributed by atoms with Gasteiger partial charge in [0.15, 0.2) is 11.5 Å². The van der Waals surface area contributed by atoms with Crippen LogP contribution in [0.1, 0.15) is 31.3 Å². The average Bonchev–Trinajstić information content (AvgIpc) is 3.18. The fraction of sp³-hybridized carbons (Fsp3) is 0.174. The first-order valence-corrected chi connectivity index (χ1v) is 9.75. The molecule has 8 nitrogen and oxygen atoms in total. The van der Waals surface area contributed by atoms with Crippen molar-refractivity contribution >= 4 is 5.82 Å². The van der Waals surface area contributed by atoms with Crippen LogP contribution >= 0.6 is 0 Å². The van der Waals surface area contributed by atoms with Crippen LogP contribution in [0.4, 0.5) is 5.82 Å². The third kappa shape index (κ3) is 4.07. The summed E-state index contributed by atoms with van der Waals surface area (Å²) >= 11 is 0. The Hall–Kier alpha value is -4.25. The van der Waals surface area contributed by atoms with Crippen molar-refractivity contribution in [3.8, 4) is 34.5 Å². The molecule has 0 radical (unpaired) electrons. The molecule has 0 saturated heterocycles. The second kappa shape index (κ2) is 8.24. The summed E-state index contributed by atoms with van der Waals surface area (Å²) in [7, 11) is 1.86. The maximum absolute atomic E-state index is 12.2. The first-order chi connectivity index (χ1) is 14.9. The Balaban J connectivity index is 1.93. The van der Waals surface area contributed by atoms with Crippen LogP contribution in [0.5, 0.6) is 0 Å². The van der Waals surface area contributed by atoms with Crippen LogP contribution in [-0.2, 0) is 7.05 Å². The topological polar surface area (TPSA) is 105 Å². The van der Waals surface area contributed by atoms with E-state index in [1.807, 2.05) is 51.2 Å². The lowest BCUT2D eigenvalue weighted by Crippen LogP contribution is -2.24. The summed E-state index contributed by atoms with van der Waals surface area (Å²) in [5, 5.41) is 4.52. The van der Waals surface area contributed by atoms with Crippen molar-refractivity contribution in [3.05, 3.63) is 76.7 Å². The molecule has 0 aliphatic rings. The zero-order valence-electron chi connectivity index (χ0n) is 17.4. The minimum atomic E-state index is -0.181. The average molecular weight is 411 g/mol. The molecule has 0 amide bonds. The normalized spacial score (nSPS) is 10.7. The fourth-order valence-corrected chi connectivity index (χ4v) is 3.04. The second-order valence-electron chi connectivity index (χ2n) is 7.26. The third-order valence-electron chi connectivity index (χ3n) is 4.65. The molecule has 3 heterocycles. The number of benzene rings is 1. The highest BCUT2D eigenvalue weighted by atomic mass is 16.1. The summed E-state index contributed by atoms with van der Waals surface area (Å²) in [4.78, 5) is 25.6. The SMILES string of the molecule is CC(C)n1nc(-c2nc(C#Cc3cncn3C)c(N)nc2-c2ccccc2)ccc1=O. The van der Waals surface area contributed by atoms with Crippen LogP contribution in [0.3, 0.4) is 0 Å². The highest BCUT2D eigenvalue weighted by Gasteiger charge is 2.17. The number of hydrogen-bond acceptors (Lipinski definition) is 6. The first-order valence-electron chi connectivity index (χ1n) is 9.75. The van der Waals surface area contributed by atoms with Crippen molar-refractivity contribution in [1.29, 1.82) is 0 Å². The number of nitrogen functional groups attached to an aromatic ring is 1. The largest absolute Gasteiger partial charge is 0.381 e. The maximum atomic E-state index is 12.2. The standard InChI is InChI=1S/C23H21N7O/c1-15(2)30-20(31)12-11-18(28-30)22-21(16-7-5-4-6-8-16)27-23(24)19(26-22)10-9-17-13-25-14-29(17)3/h4-8,11-15H,1-3H3,(H2,24,27). The van der Waals surface area contributed by atoms with Crippen molar-refractivity contribution in [3.63, 3.8) is 0 Å². The molecule has 154 valence electrons. The van der Waals surface area contributed by atoms with Gasteiger partial charge in [0, 0.05) is 18.7 Å². The molecular weight excluding hydrogens is 390 g/mol. The van der Waals surface area contributed by atoms with Gasteiger partial charge in [-0.05, 0) is 31.8 Å². The number of imidazole rings is 1. The Morgan fingerprint density at radius 2 is 1.77 bits per heavy atom. The second-order valence-corrected chi connectivity index (χ2v) is 7.26. The van der Waals surface area contributed by atoms with Crippen molar-refractivity contribution < 1.29 is 0 Å². The third-order valence-corrected chi connectivity index (χ3v) is 4.65. The lowest BCUT2D eigenvalue weighted by molar-refractivity contribution is 0.504. The molecule has 3 aromatic heterocycles. The molecule has 0 unspecified atom stereocenters. The molecule has 0 spiro atoms. The number of nitrogens with zero attached hydrogens (tertiary/aromatic N) is 6. The smallest absolute Gasteiger partial charge is 0.267 e. The minimum Gasteiger partial charge on any atom is -0.381 e. The number of rotatable bonds is 3. The summed E-state index contributed by atoms with van der Waals surface area (Å²) in [5.74, 6) is 6.22. The highest BCUT2D eigenvalue weighted by molar-refractivity contribution is 5.78. The van der Waals surface area contributed by atoms with Crippen LogP contribution in [0.15, 0.2) is 59.8 Å². The van der Waals surface area contributed by atoms with Gasteiger partial charge in [-0.15, -0.1) is 0 Å². The molecule has 4 aromatic rings. The molecule has 8 heteroatoms. The molecule has 1 aromatic carbocycles. The lowest BCUT2D eigenvalue weighted by Gasteiger charge is -2.13. The van der Waals surface area contributed by atoms with E-state index in [4.69, 9.17) is 10.7 Å². The molecule has 2 N–H and O–H groups in total. The van der Waals surface area contributed by atoms with Gasteiger partial charge in [0.05, 0.1) is 18.6 Å². The van der Waals surface area contributed by atoms with Gasteiger partial charge in [0.25, 0.3) is 5.56 Å². The predicted octanol–water partition coefficient (Wildman–Crippen LogP) is 2.66. The van der Waals surface area contributed by atoms with Gasteiger partial charge in [-0.1, -0.05) is 30.3 Å². The quantitative estimate of drug-likeness (QED) is 0.520. The lowest BCUT2D eigenvalue weighted by atomic mass is 10.1. The van der Waals surface area contributed by atoms with E-state index in [2.05, 4.69) is 26.9 Å². The van der Waals surface area contributed by atoms with E-state index in [-0.39, 0.29) is 17.4 Å². The first kappa shape index (κ1) is 20.0. The van der Waals surface area contributed by atoms with Crippen LogP contribution < -0.4 is 11.3 Å². The van der Waals surface area contributed by atoms with Crippen molar-refractivity contribution in [2.24, 2.45) is 7.05 Å². The van der Waals surface area contributed by atoms with Crippen LogP contribution in [0.2, 0.25) is 0 Å². The van der Waals surface area contributed by atoms with E-state index in [0.717, 1.165) is 11.3 Å². The maximum Gasteiger partial charge on any atom is 0.267 e. The van der Waals surface area contributed by atoms with Gasteiger partial charge in [-0.2, -0.15) is 5.10 Å². The zero-order chi connectivity index (χ0) is 22.0. The van der Waals surface area contributed by atoms with Gasteiger partial charge in [0.2, 0.25) is 0 Å². The van der Waals surface area contributed by atoms with Gasteiger partial charge >= 0.3 is 0 Å². The highest BCUT2D eigenvalue weighted by Crippen LogP contribution is 2.29. The minimum absolute atomic E-state index is 0.0986. The number of anilines is 1. The number of hydrogen-bond donors (Lipinski definition) is 1. The van der Waals surface area contributed by atoms with E-state index in [1.54, 1.807) is 23.2 Å². The summed E-state index contributed by atoms with van der Waals surface area (Å²) in [6.07, 6.45) is 3.33. The van der Waals surface area contributed by atoms with Gasteiger partial charge in [-0.3, -0.25) is 4.79 Å². The van der Waals surface area contributed by atoms with E-state index in [0.29, 0.717) is 22.8 Å². The van der Waals surface area contributed by atoms with Crippen molar-refractivity contribution in [2.75, 3.05) is 5.73 Å². The van der Waals surface area contributed by atoms with E-state index in [9.17, 15) is 4.79 Å². The number of aryl methyl sites for hydroxylation is 1. The van der Waals surface area contributed by atoms with Crippen LogP contribution in [0, 0.1) is 11.8 Å². The predicted molar refractivity (Wildman–Crippen MR) is 119 cm³/mol. The van der Waals surface area contributed by atoms with Crippen LogP contribution in [0.25, 0.3) is 22.6 Å². The molecule has 0 saturated carbocycles. The monoisotopic (exact) mass is 411 g/mol. The molecule has 0 atom stereocenters. The van der Waals surface area contributed by atoms with E-state index < -0.39 is 0 Å². The molecule has 0 aliphatic carbocycles. The Bertz CT molecular complexity index is 1360. The van der Waals surface area contributed by atoms with E-state index >= 15 is 0 Å². The number of nitrogens with two attached hydrogens (primary N) is 1. The Kier molecular flexibility index (Phi) is 5.33. The zero-order valence-corrected chi connectivity index (χ0v) is 17.4.